The Morgan fingerprint density at radius 1 is 1.43 bits per heavy atom. The molecular formula is C16H21FN2O2. The Bertz CT molecular complexity index is 512. The molecule has 114 valence electrons. The minimum Gasteiger partial charge on any atom is -0.370 e. The second-order valence-corrected chi connectivity index (χ2v) is 6.15. The van der Waals surface area contributed by atoms with Gasteiger partial charge in [-0.05, 0) is 37.6 Å². The van der Waals surface area contributed by atoms with Gasteiger partial charge >= 0.3 is 0 Å². The summed E-state index contributed by atoms with van der Waals surface area (Å²) in [7, 11) is 0. The van der Waals surface area contributed by atoms with Crippen LogP contribution in [-0.4, -0.2) is 43.6 Å². The molecule has 0 saturated carbocycles. The second kappa shape index (κ2) is 5.73. The van der Waals surface area contributed by atoms with Crippen LogP contribution in [0.25, 0.3) is 0 Å². The molecule has 1 aromatic carbocycles. The maximum absolute atomic E-state index is 13.0. The van der Waals surface area contributed by atoms with Crippen LogP contribution in [-0.2, 0) is 9.53 Å². The van der Waals surface area contributed by atoms with Crippen molar-refractivity contribution < 1.29 is 13.9 Å². The highest BCUT2D eigenvalue weighted by Crippen LogP contribution is 2.30. The van der Waals surface area contributed by atoms with Crippen LogP contribution < -0.4 is 5.32 Å². The molecular weight excluding hydrogens is 271 g/mol. The second-order valence-electron chi connectivity index (χ2n) is 6.15. The molecule has 0 aromatic heterocycles. The van der Waals surface area contributed by atoms with Gasteiger partial charge in [-0.1, -0.05) is 12.1 Å². The third kappa shape index (κ3) is 2.94. The van der Waals surface area contributed by atoms with Gasteiger partial charge < -0.3 is 15.0 Å². The summed E-state index contributed by atoms with van der Waals surface area (Å²) in [6.07, 6.45) is 0.714. The van der Waals surface area contributed by atoms with Crippen LogP contribution in [0, 0.1) is 11.2 Å². The number of amides is 1. The first-order valence-corrected chi connectivity index (χ1v) is 7.46. The summed E-state index contributed by atoms with van der Waals surface area (Å²) in [5.41, 5.74) is 0.619. The van der Waals surface area contributed by atoms with E-state index in [1.54, 1.807) is 12.1 Å². The Morgan fingerprint density at radius 2 is 2.19 bits per heavy atom. The summed E-state index contributed by atoms with van der Waals surface area (Å²) < 4.78 is 18.7. The van der Waals surface area contributed by atoms with Crippen molar-refractivity contribution in [1.82, 2.24) is 10.2 Å². The van der Waals surface area contributed by atoms with Gasteiger partial charge in [0.1, 0.15) is 11.9 Å². The van der Waals surface area contributed by atoms with Gasteiger partial charge in [0.25, 0.3) is 0 Å². The van der Waals surface area contributed by atoms with Crippen LogP contribution >= 0.6 is 0 Å². The fourth-order valence-electron chi connectivity index (χ4n) is 3.09. The number of benzene rings is 1. The van der Waals surface area contributed by atoms with E-state index in [2.05, 4.69) is 5.32 Å². The number of ether oxygens (including phenoxy) is 1. The van der Waals surface area contributed by atoms with Crippen LogP contribution in [0.2, 0.25) is 0 Å². The molecule has 3 rings (SSSR count). The number of hydrogen-bond donors (Lipinski definition) is 1. The molecule has 1 N–H and O–H groups in total. The molecule has 2 saturated heterocycles. The number of halogens is 1. The van der Waals surface area contributed by atoms with Gasteiger partial charge in [0.15, 0.2) is 0 Å². The lowest BCUT2D eigenvalue weighted by atomic mass is 9.87. The van der Waals surface area contributed by atoms with Gasteiger partial charge in [-0.25, -0.2) is 4.39 Å². The minimum atomic E-state index is -0.301. The monoisotopic (exact) mass is 292 g/mol. The maximum Gasteiger partial charge on any atom is 0.230 e. The van der Waals surface area contributed by atoms with Crippen LogP contribution in [0.3, 0.4) is 0 Å². The van der Waals surface area contributed by atoms with E-state index in [1.807, 2.05) is 11.8 Å². The summed E-state index contributed by atoms with van der Waals surface area (Å²) in [6.45, 7) is 5.36. The van der Waals surface area contributed by atoms with Crippen molar-refractivity contribution in [1.29, 1.82) is 0 Å². The van der Waals surface area contributed by atoms with Gasteiger partial charge in [0, 0.05) is 13.1 Å². The Hall–Kier alpha value is -1.46. The molecule has 1 amide bonds. The number of rotatable bonds is 2. The summed E-state index contributed by atoms with van der Waals surface area (Å²) in [5.74, 6) is -0.0602. The first-order chi connectivity index (χ1) is 10.1. The highest BCUT2D eigenvalue weighted by molar-refractivity contribution is 5.83. The lowest BCUT2D eigenvalue weighted by Gasteiger charge is -2.37. The van der Waals surface area contributed by atoms with E-state index < -0.39 is 0 Å². The van der Waals surface area contributed by atoms with E-state index >= 15 is 0 Å². The van der Waals surface area contributed by atoms with E-state index in [4.69, 9.17) is 4.74 Å². The molecule has 0 spiro atoms. The molecule has 2 fully saturated rings. The van der Waals surface area contributed by atoms with Gasteiger partial charge in [-0.15, -0.1) is 0 Å². The van der Waals surface area contributed by atoms with Crippen LogP contribution in [0.5, 0.6) is 0 Å². The molecule has 0 radical (unpaired) electrons. The minimum absolute atomic E-state index is 0.165. The topological polar surface area (TPSA) is 41.6 Å². The largest absolute Gasteiger partial charge is 0.370 e. The zero-order valence-electron chi connectivity index (χ0n) is 12.3. The molecule has 2 heterocycles. The van der Waals surface area contributed by atoms with Crippen molar-refractivity contribution in [2.24, 2.45) is 5.41 Å². The molecule has 2 aliphatic heterocycles. The average molecular weight is 292 g/mol. The molecule has 4 nitrogen and oxygen atoms in total. The lowest BCUT2D eigenvalue weighted by Crippen LogP contribution is -2.49. The van der Waals surface area contributed by atoms with Gasteiger partial charge in [0.2, 0.25) is 5.91 Å². The molecule has 2 atom stereocenters. The predicted molar refractivity (Wildman–Crippen MR) is 77.3 cm³/mol. The maximum atomic E-state index is 13.0. The first kappa shape index (κ1) is 14.5. The third-order valence-electron chi connectivity index (χ3n) is 4.48. The van der Waals surface area contributed by atoms with Gasteiger partial charge in [-0.3, -0.25) is 4.79 Å². The lowest BCUT2D eigenvalue weighted by molar-refractivity contribution is -0.148. The van der Waals surface area contributed by atoms with Crippen molar-refractivity contribution in [3.05, 3.63) is 35.6 Å². The van der Waals surface area contributed by atoms with Crippen molar-refractivity contribution in [3.63, 3.8) is 0 Å². The van der Waals surface area contributed by atoms with E-state index in [0.717, 1.165) is 25.1 Å². The molecule has 2 aliphatic rings. The van der Waals surface area contributed by atoms with Crippen LogP contribution in [0.15, 0.2) is 24.3 Å². The summed E-state index contributed by atoms with van der Waals surface area (Å²) in [4.78, 5) is 14.6. The fraction of sp³-hybridized carbons (Fsp3) is 0.562. The van der Waals surface area contributed by atoms with E-state index in [1.165, 1.54) is 12.1 Å². The Balaban J connectivity index is 1.70. The normalized spacial score (nSPS) is 29.6. The number of carbonyl (C=O) groups excluding carboxylic acids is 1. The zero-order chi connectivity index (χ0) is 14.9. The SMILES string of the molecule is CC1(C(=O)N2CCOC(c3ccc(F)cc3)C2)CCNC1. The van der Waals surface area contributed by atoms with Crippen molar-refractivity contribution >= 4 is 5.91 Å². The predicted octanol–water partition coefficient (Wildman–Crippen LogP) is 1.73. The summed E-state index contributed by atoms with van der Waals surface area (Å²) in [5, 5.41) is 3.26. The molecule has 21 heavy (non-hydrogen) atoms. The molecule has 0 aliphatic carbocycles. The standard InChI is InChI=1S/C16H21FN2O2/c1-16(6-7-18-11-16)15(20)19-8-9-21-14(10-19)12-2-4-13(17)5-3-12/h2-5,14,18H,6-11H2,1H3. The Labute approximate surface area is 124 Å². The highest BCUT2D eigenvalue weighted by Gasteiger charge is 2.40. The first-order valence-electron chi connectivity index (χ1n) is 7.46. The number of hydrogen-bond acceptors (Lipinski definition) is 3. The average Bonchev–Trinajstić information content (AvgIpc) is 2.95. The Morgan fingerprint density at radius 3 is 2.86 bits per heavy atom. The molecule has 1 aromatic rings. The number of morpholine rings is 1. The smallest absolute Gasteiger partial charge is 0.230 e. The summed E-state index contributed by atoms with van der Waals surface area (Å²) >= 11 is 0. The molecule has 2 unspecified atom stereocenters. The van der Waals surface area contributed by atoms with Crippen molar-refractivity contribution in [2.45, 2.75) is 19.4 Å². The quantitative estimate of drug-likeness (QED) is 0.902. The van der Waals surface area contributed by atoms with Crippen LogP contribution in [0.1, 0.15) is 25.0 Å². The highest BCUT2D eigenvalue weighted by atomic mass is 19.1. The van der Waals surface area contributed by atoms with E-state index in [-0.39, 0.29) is 23.2 Å². The summed E-state index contributed by atoms with van der Waals surface area (Å²) in [6, 6.07) is 6.32. The number of nitrogens with zero attached hydrogens (tertiary/aromatic N) is 1. The van der Waals surface area contributed by atoms with Crippen LogP contribution in [0.4, 0.5) is 4.39 Å². The number of carbonyl (C=O) groups is 1. The van der Waals surface area contributed by atoms with Gasteiger partial charge in [0.05, 0.1) is 18.6 Å². The fourth-order valence-corrected chi connectivity index (χ4v) is 3.09. The zero-order valence-corrected chi connectivity index (χ0v) is 12.3. The molecule has 0 bridgehead atoms. The van der Waals surface area contributed by atoms with Gasteiger partial charge in [-0.2, -0.15) is 0 Å². The van der Waals surface area contributed by atoms with Crippen molar-refractivity contribution in [2.75, 3.05) is 32.8 Å². The van der Waals surface area contributed by atoms with E-state index in [9.17, 15) is 9.18 Å². The third-order valence-corrected chi connectivity index (χ3v) is 4.48. The number of nitrogens with one attached hydrogen (secondary N) is 1. The molecule has 5 heteroatoms. The van der Waals surface area contributed by atoms with Crippen molar-refractivity contribution in [3.8, 4) is 0 Å². The van der Waals surface area contributed by atoms with E-state index in [0.29, 0.717) is 19.7 Å². The Kier molecular flexibility index (Phi) is 3.95.